The van der Waals surface area contributed by atoms with Gasteiger partial charge in [-0.2, -0.15) is 0 Å². The Kier molecular flexibility index (Phi) is 4.94. The molecule has 2 saturated heterocycles. The number of nitrogens with zero attached hydrogens (tertiary/aromatic N) is 1. The number of fused-ring (bicyclic) bond motifs is 1. The van der Waals surface area contributed by atoms with Crippen LogP contribution in [0.2, 0.25) is 0 Å². The zero-order chi connectivity index (χ0) is 20.8. The lowest BCUT2D eigenvalue weighted by Crippen LogP contribution is -2.44. The molecule has 0 saturated carbocycles. The molecule has 1 spiro atoms. The van der Waals surface area contributed by atoms with Gasteiger partial charge in [0.2, 0.25) is 17.7 Å². The van der Waals surface area contributed by atoms with Crippen molar-refractivity contribution in [2.45, 2.75) is 38.9 Å². The van der Waals surface area contributed by atoms with Crippen LogP contribution in [0.1, 0.15) is 27.2 Å². The van der Waals surface area contributed by atoms with Crippen molar-refractivity contribution in [1.82, 2.24) is 5.32 Å². The van der Waals surface area contributed by atoms with Crippen LogP contribution < -0.4 is 15.5 Å². The fourth-order valence-electron chi connectivity index (χ4n) is 4.55. The van der Waals surface area contributed by atoms with Gasteiger partial charge in [0.25, 0.3) is 0 Å². The number of anilines is 2. The van der Waals surface area contributed by atoms with Crippen molar-refractivity contribution in [1.29, 1.82) is 0 Å². The van der Waals surface area contributed by atoms with Gasteiger partial charge in [0, 0.05) is 24.8 Å². The molecule has 2 bridgehead atoms. The second-order valence-electron chi connectivity index (χ2n) is 8.53. The van der Waals surface area contributed by atoms with Gasteiger partial charge in [0.05, 0.1) is 24.5 Å². The van der Waals surface area contributed by atoms with Crippen molar-refractivity contribution in [3.05, 3.63) is 36.4 Å². The lowest BCUT2D eigenvalue weighted by Gasteiger charge is -2.23. The van der Waals surface area contributed by atoms with Gasteiger partial charge in [-0.3, -0.25) is 14.4 Å². The Hall–Kier alpha value is -2.67. The number of benzene rings is 1. The van der Waals surface area contributed by atoms with Crippen LogP contribution >= 0.6 is 0 Å². The summed E-state index contributed by atoms with van der Waals surface area (Å²) in [6.45, 7) is 6.66. The highest BCUT2D eigenvalue weighted by Crippen LogP contribution is 2.52. The lowest BCUT2D eigenvalue weighted by atomic mass is 9.77. The van der Waals surface area contributed by atoms with Crippen molar-refractivity contribution in [3.8, 4) is 0 Å². The third-order valence-electron chi connectivity index (χ3n) is 5.92. The summed E-state index contributed by atoms with van der Waals surface area (Å²) in [4.78, 5) is 39.0. The predicted molar refractivity (Wildman–Crippen MR) is 109 cm³/mol. The van der Waals surface area contributed by atoms with Gasteiger partial charge in [-0.25, -0.2) is 0 Å². The summed E-state index contributed by atoms with van der Waals surface area (Å²) >= 11 is 0. The maximum absolute atomic E-state index is 13.3. The predicted octanol–water partition coefficient (Wildman–Crippen LogP) is 2.09. The molecule has 0 radical (unpaired) electrons. The highest BCUT2D eigenvalue weighted by molar-refractivity contribution is 6.03. The van der Waals surface area contributed by atoms with Crippen LogP contribution in [0.5, 0.6) is 0 Å². The minimum Gasteiger partial charge on any atom is -0.360 e. The van der Waals surface area contributed by atoms with E-state index in [9.17, 15) is 14.4 Å². The van der Waals surface area contributed by atoms with E-state index in [-0.39, 0.29) is 23.8 Å². The Morgan fingerprint density at radius 1 is 1.28 bits per heavy atom. The molecule has 0 aromatic heterocycles. The molecule has 4 rings (SSSR count). The Morgan fingerprint density at radius 3 is 2.66 bits per heavy atom. The van der Waals surface area contributed by atoms with Crippen LogP contribution in [-0.4, -0.2) is 42.5 Å². The molecule has 2 fully saturated rings. The quantitative estimate of drug-likeness (QED) is 0.720. The molecule has 1 aromatic rings. The van der Waals surface area contributed by atoms with Crippen molar-refractivity contribution >= 4 is 29.1 Å². The van der Waals surface area contributed by atoms with Crippen molar-refractivity contribution in [2.24, 2.45) is 17.8 Å². The minimum absolute atomic E-state index is 0.0897. The first kappa shape index (κ1) is 19.6. The molecular weight excluding hydrogens is 370 g/mol. The summed E-state index contributed by atoms with van der Waals surface area (Å²) in [5.74, 6) is -0.849. The molecule has 2 N–H and O–H groups in total. The average Bonchev–Trinajstić information content (AvgIpc) is 3.30. The summed E-state index contributed by atoms with van der Waals surface area (Å²) < 4.78 is 6.15. The standard InChI is InChI=1S/C22H27N3O4/c1-13(2)9-11-23-20(27)18-17-8-10-22(29-17)12-25(21(28)19(18)22)16-6-4-15(5-7-16)24-14(3)26/h4-8,10,13,17-19H,9,11-12H2,1-3H3,(H,23,27)(H,24,26)/t17-,18-,19-,22+/m1/s1. The van der Waals surface area contributed by atoms with Crippen LogP contribution in [0.15, 0.2) is 36.4 Å². The molecule has 154 valence electrons. The van der Waals surface area contributed by atoms with Crippen LogP contribution in [0.25, 0.3) is 0 Å². The normalized spacial score (nSPS) is 29.4. The third kappa shape index (κ3) is 3.44. The van der Waals surface area contributed by atoms with E-state index in [1.54, 1.807) is 29.2 Å². The Labute approximate surface area is 170 Å². The van der Waals surface area contributed by atoms with E-state index in [0.29, 0.717) is 24.7 Å². The number of rotatable bonds is 6. The van der Waals surface area contributed by atoms with E-state index in [4.69, 9.17) is 4.74 Å². The number of nitrogens with one attached hydrogen (secondary N) is 2. The van der Waals surface area contributed by atoms with Gasteiger partial charge in [0.1, 0.15) is 5.60 Å². The molecule has 0 unspecified atom stereocenters. The van der Waals surface area contributed by atoms with Gasteiger partial charge in [-0.15, -0.1) is 0 Å². The summed E-state index contributed by atoms with van der Waals surface area (Å²) in [5, 5.41) is 5.70. The lowest BCUT2D eigenvalue weighted by molar-refractivity contribution is -0.131. The molecule has 4 atom stereocenters. The highest BCUT2D eigenvalue weighted by atomic mass is 16.5. The summed E-state index contributed by atoms with van der Waals surface area (Å²) in [7, 11) is 0. The van der Waals surface area contributed by atoms with Gasteiger partial charge in [0.15, 0.2) is 0 Å². The number of hydrogen-bond acceptors (Lipinski definition) is 4. The van der Waals surface area contributed by atoms with Crippen LogP contribution in [0.4, 0.5) is 11.4 Å². The second kappa shape index (κ2) is 7.30. The molecule has 7 heteroatoms. The Morgan fingerprint density at radius 2 is 2.00 bits per heavy atom. The first-order chi connectivity index (χ1) is 13.8. The van der Waals surface area contributed by atoms with Gasteiger partial charge >= 0.3 is 0 Å². The summed E-state index contributed by atoms with van der Waals surface area (Å²) in [5.41, 5.74) is 0.663. The van der Waals surface area contributed by atoms with E-state index < -0.39 is 17.4 Å². The second-order valence-corrected chi connectivity index (χ2v) is 8.53. The van der Waals surface area contributed by atoms with E-state index in [1.807, 2.05) is 12.2 Å². The summed E-state index contributed by atoms with van der Waals surface area (Å²) in [6, 6.07) is 7.13. The van der Waals surface area contributed by atoms with Crippen molar-refractivity contribution in [2.75, 3.05) is 23.3 Å². The fourth-order valence-corrected chi connectivity index (χ4v) is 4.55. The van der Waals surface area contributed by atoms with Crippen LogP contribution in [0, 0.1) is 17.8 Å². The van der Waals surface area contributed by atoms with Crippen LogP contribution in [-0.2, 0) is 19.1 Å². The maximum atomic E-state index is 13.3. The minimum atomic E-state index is -0.738. The third-order valence-corrected chi connectivity index (χ3v) is 5.92. The number of amides is 3. The summed E-state index contributed by atoms with van der Waals surface area (Å²) in [6.07, 6.45) is 4.42. The van der Waals surface area contributed by atoms with Gasteiger partial charge < -0.3 is 20.3 Å². The molecule has 7 nitrogen and oxygen atoms in total. The molecular formula is C22H27N3O4. The topological polar surface area (TPSA) is 87.7 Å². The Balaban J connectivity index is 1.52. The maximum Gasteiger partial charge on any atom is 0.234 e. The van der Waals surface area contributed by atoms with Crippen LogP contribution in [0.3, 0.4) is 0 Å². The number of carbonyl (C=O) groups is 3. The van der Waals surface area contributed by atoms with Crippen molar-refractivity contribution in [3.63, 3.8) is 0 Å². The fraction of sp³-hybridized carbons (Fsp3) is 0.500. The SMILES string of the molecule is CC(=O)Nc1ccc(N2C[C@]34C=C[C@@H](O3)[C@@H](C(=O)NCCC(C)C)[C@@H]4C2=O)cc1. The van der Waals surface area contributed by atoms with E-state index in [0.717, 1.165) is 12.1 Å². The van der Waals surface area contributed by atoms with Gasteiger partial charge in [-0.05, 0) is 36.6 Å². The van der Waals surface area contributed by atoms with Gasteiger partial charge in [-0.1, -0.05) is 26.0 Å². The highest BCUT2D eigenvalue weighted by Gasteiger charge is 2.67. The Bertz CT molecular complexity index is 863. The zero-order valence-electron chi connectivity index (χ0n) is 17.0. The first-order valence-electron chi connectivity index (χ1n) is 10.1. The molecule has 1 aromatic carbocycles. The van der Waals surface area contributed by atoms with E-state index in [1.165, 1.54) is 6.92 Å². The molecule has 0 aliphatic carbocycles. The number of hydrogen-bond donors (Lipinski definition) is 2. The molecule has 29 heavy (non-hydrogen) atoms. The molecule has 3 heterocycles. The van der Waals surface area contributed by atoms with E-state index >= 15 is 0 Å². The molecule has 3 aliphatic rings. The van der Waals surface area contributed by atoms with E-state index in [2.05, 4.69) is 24.5 Å². The molecule has 3 aliphatic heterocycles. The van der Waals surface area contributed by atoms with Crippen molar-refractivity contribution < 1.29 is 19.1 Å². The smallest absolute Gasteiger partial charge is 0.234 e. The zero-order valence-corrected chi connectivity index (χ0v) is 17.0. The number of ether oxygens (including phenoxy) is 1. The monoisotopic (exact) mass is 397 g/mol. The first-order valence-corrected chi connectivity index (χ1v) is 10.1. The average molecular weight is 397 g/mol. The number of carbonyl (C=O) groups excluding carboxylic acids is 3. The largest absolute Gasteiger partial charge is 0.360 e. The molecule has 3 amide bonds.